The van der Waals surface area contributed by atoms with Gasteiger partial charge in [-0.25, -0.2) is 13.6 Å². The molecule has 0 heterocycles. The molecule has 1 saturated carbocycles. The average Bonchev–Trinajstić information content (AvgIpc) is 2.93. The summed E-state index contributed by atoms with van der Waals surface area (Å²) in [5.74, 6) is -3.46. The van der Waals surface area contributed by atoms with Crippen LogP contribution in [0.1, 0.15) is 36.0 Å². The monoisotopic (exact) mass is 298 g/mol. The van der Waals surface area contributed by atoms with E-state index in [9.17, 15) is 18.4 Å². The first-order chi connectivity index (χ1) is 9.97. The summed E-state index contributed by atoms with van der Waals surface area (Å²) in [5, 5.41) is 2.72. The Hall–Kier alpha value is -2.18. The number of benzene rings is 1. The molecule has 3 N–H and O–H groups in total. The highest BCUT2D eigenvalue weighted by Crippen LogP contribution is 2.18. The smallest absolute Gasteiger partial charge is 0.341 e. The maximum absolute atomic E-state index is 13.5. The lowest BCUT2D eigenvalue weighted by Crippen LogP contribution is -2.36. The number of nitrogens with one attached hydrogen (secondary N) is 1. The molecular formula is C14H16F2N2O3. The van der Waals surface area contributed by atoms with Gasteiger partial charge in [-0.1, -0.05) is 12.8 Å². The lowest BCUT2D eigenvalue weighted by molar-refractivity contribution is -0.124. The van der Waals surface area contributed by atoms with Crippen LogP contribution >= 0.6 is 0 Å². The molecule has 1 aliphatic rings. The van der Waals surface area contributed by atoms with Crippen LogP contribution in [0.25, 0.3) is 0 Å². The summed E-state index contributed by atoms with van der Waals surface area (Å²) in [6.45, 7) is -0.527. The molecule has 0 bridgehead atoms. The first kappa shape index (κ1) is 15.2. The number of hydrogen-bond acceptors (Lipinski definition) is 4. The van der Waals surface area contributed by atoms with E-state index < -0.39 is 41.4 Å². The molecular weight excluding hydrogens is 282 g/mol. The van der Waals surface area contributed by atoms with E-state index in [1.54, 1.807) is 0 Å². The van der Waals surface area contributed by atoms with Crippen molar-refractivity contribution in [3.05, 3.63) is 29.3 Å². The van der Waals surface area contributed by atoms with E-state index in [0.717, 1.165) is 25.7 Å². The lowest BCUT2D eigenvalue weighted by Gasteiger charge is -2.12. The molecule has 1 amide bonds. The summed E-state index contributed by atoms with van der Waals surface area (Å²) in [5.41, 5.74) is 4.18. The Balaban J connectivity index is 1.89. The fraction of sp³-hybridized carbons (Fsp3) is 0.429. The van der Waals surface area contributed by atoms with Gasteiger partial charge < -0.3 is 15.8 Å². The Labute approximate surface area is 120 Å². The van der Waals surface area contributed by atoms with E-state index in [0.29, 0.717) is 12.1 Å². The van der Waals surface area contributed by atoms with Crippen molar-refractivity contribution in [3.63, 3.8) is 0 Å². The van der Waals surface area contributed by atoms with Gasteiger partial charge in [-0.05, 0) is 18.9 Å². The van der Waals surface area contributed by atoms with Gasteiger partial charge in [0.2, 0.25) is 0 Å². The second-order valence-electron chi connectivity index (χ2n) is 4.98. The van der Waals surface area contributed by atoms with E-state index >= 15 is 0 Å². The molecule has 0 spiro atoms. The molecule has 1 aromatic carbocycles. The molecule has 1 aliphatic carbocycles. The molecule has 1 fully saturated rings. The third-order valence-electron chi connectivity index (χ3n) is 3.36. The number of rotatable bonds is 4. The summed E-state index contributed by atoms with van der Waals surface area (Å²) in [6, 6.07) is 1.45. The van der Waals surface area contributed by atoms with Crippen molar-refractivity contribution in [3.8, 4) is 0 Å². The third-order valence-corrected chi connectivity index (χ3v) is 3.36. The number of carbonyl (C=O) groups excluding carboxylic acids is 2. The van der Waals surface area contributed by atoms with Crippen molar-refractivity contribution in [2.24, 2.45) is 0 Å². The fourth-order valence-electron chi connectivity index (χ4n) is 2.27. The lowest BCUT2D eigenvalue weighted by atomic mass is 10.2. The van der Waals surface area contributed by atoms with Crippen molar-refractivity contribution in [1.82, 2.24) is 5.32 Å². The molecule has 0 aliphatic heterocycles. The van der Waals surface area contributed by atoms with E-state index in [2.05, 4.69) is 10.1 Å². The van der Waals surface area contributed by atoms with Crippen LogP contribution in [-0.4, -0.2) is 24.5 Å². The molecule has 114 valence electrons. The van der Waals surface area contributed by atoms with Gasteiger partial charge in [0.1, 0.15) is 11.6 Å². The average molecular weight is 298 g/mol. The summed E-state index contributed by atoms with van der Waals surface area (Å²) >= 11 is 0. The van der Waals surface area contributed by atoms with Gasteiger partial charge in [-0.2, -0.15) is 0 Å². The predicted octanol–water partition coefficient (Wildman–Crippen LogP) is 1.76. The number of halogens is 2. The maximum Gasteiger partial charge on any atom is 0.341 e. The zero-order valence-electron chi connectivity index (χ0n) is 11.3. The Morgan fingerprint density at radius 1 is 1.24 bits per heavy atom. The van der Waals surface area contributed by atoms with Crippen LogP contribution < -0.4 is 11.1 Å². The predicted molar refractivity (Wildman–Crippen MR) is 71.5 cm³/mol. The van der Waals surface area contributed by atoms with Crippen LogP contribution in [0.2, 0.25) is 0 Å². The van der Waals surface area contributed by atoms with E-state index in [-0.39, 0.29) is 6.04 Å². The summed E-state index contributed by atoms with van der Waals surface area (Å²) in [7, 11) is 0. The quantitative estimate of drug-likeness (QED) is 0.655. The Morgan fingerprint density at radius 3 is 2.57 bits per heavy atom. The number of carbonyl (C=O) groups is 2. The van der Waals surface area contributed by atoms with Gasteiger partial charge in [-0.15, -0.1) is 0 Å². The van der Waals surface area contributed by atoms with Crippen molar-refractivity contribution in [2.75, 3.05) is 12.3 Å². The van der Waals surface area contributed by atoms with Crippen LogP contribution in [0.5, 0.6) is 0 Å². The number of amides is 1. The van der Waals surface area contributed by atoms with E-state index in [1.165, 1.54) is 0 Å². The van der Waals surface area contributed by atoms with E-state index in [1.807, 2.05) is 0 Å². The number of hydrogen-bond donors (Lipinski definition) is 2. The summed E-state index contributed by atoms with van der Waals surface area (Å²) < 4.78 is 31.4. The van der Waals surface area contributed by atoms with Gasteiger partial charge in [0.05, 0.1) is 11.3 Å². The second kappa shape index (κ2) is 6.51. The molecule has 0 radical (unpaired) electrons. The largest absolute Gasteiger partial charge is 0.452 e. The summed E-state index contributed by atoms with van der Waals surface area (Å²) in [4.78, 5) is 23.2. The van der Waals surface area contributed by atoms with Crippen LogP contribution in [0, 0.1) is 11.6 Å². The molecule has 7 heteroatoms. The van der Waals surface area contributed by atoms with Crippen LogP contribution in [0.15, 0.2) is 12.1 Å². The molecule has 2 rings (SSSR count). The first-order valence-electron chi connectivity index (χ1n) is 6.68. The minimum absolute atomic E-state index is 0.0990. The normalized spacial score (nSPS) is 15.0. The molecule has 0 aromatic heterocycles. The topological polar surface area (TPSA) is 81.4 Å². The minimum Gasteiger partial charge on any atom is -0.452 e. The van der Waals surface area contributed by atoms with Crippen molar-refractivity contribution in [2.45, 2.75) is 31.7 Å². The SMILES string of the molecule is Nc1cc(F)c(C(=O)OCC(=O)NC2CCCC2)cc1F. The van der Waals surface area contributed by atoms with Crippen molar-refractivity contribution >= 4 is 17.6 Å². The Morgan fingerprint density at radius 2 is 1.90 bits per heavy atom. The van der Waals surface area contributed by atoms with Crippen molar-refractivity contribution in [1.29, 1.82) is 0 Å². The first-order valence-corrected chi connectivity index (χ1v) is 6.68. The highest BCUT2D eigenvalue weighted by molar-refractivity contribution is 5.92. The van der Waals surface area contributed by atoms with Crippen molar-refractivity contribution < 1.29 is 23.1 Å². The Kier molecular flexibility index (Phi) is 4.72. The zero-order chi connectivity index (χ0) is 15.4. The van der Waals surface area contributed by atoms with Crippen LogP contribution in [0.4, 0.5) is 14.5 Å². The molecule has 0 saturated heterocycles. The van der Waals surface area contributed by atoms with Gasteiger partial charge in [0, 0.05) is 12.1 Å². The Bertz CT molecular complexity index is 557. The fourth-order valence-corrected chi connectivity index (χ4v) is 2.27. The standard InChI is InChI=1S/C14H16F2N2O3/c15-10-6-12(17)11(16)5-9(10)14(20)21-7-13(19)18-8-3-1-2-4-8/h5-6,8H,1-4,7,17H2,(H,18,19). The molecule has 0 unspecified atom stereocenters. The number of anilines is 1. The molecule has 21 heavy (non-hydrogen) atoms. The van der Waals surface area contributed by atoms with E-state index in [4.69, 9.17) is 5.73 Å². The number of nitrogen functional groups attached to an aromatic ring is 1. The minimum atomic E-state index is -1.10. The van der Waals surface area contributed by atoms with Gasteiger partial charge in [0.25, 0.3) is 5.91 Å². The number of ether oxygens (including phenoxy) is 1. The molecule has 1 aromatic rings. The van der Waals surface area contributed by atoms with Gasteiger partial charge in [0.15, 0.2) is 6.61 Å². The maximum atomic E-state index is 13.5. The molecule has 0 atom stereocenters. The number of esters is 1. The highest BCUT2D eigenvalue weighted by atomic mass is 19.1. The van der Waals surface area contributed by atoms with Crippen LogP contribution in [0.3, 0.4) is 0 Å². The zero-order valence-corrected chi connectivity index (χ0v) is 11.3. The summed E-state index contributed by atoms with van der Waals surface area (Å²) in [6.07, 6.45) is 3.91. The third kappa shape index (κ3) is 3.90. The highest BCUT2D eigenvalue weighted by Gasteiger charge is 2.20. The second-order valence-corrected chi connectivity index (χ2v) is 4.98. The van der Waals surface area contributed by atoms with Gasteiger partial charge in [-0.3, -0.25) is 4.79 Å². The molecule has 5 nitrogen and oxygen atoms in total. The van der Waals surface area contributed by atoms with Crippen LogP contribution in [-0.2, 0) is 9.53 Å². The number of nitrogens with two attached hydrogens (primary N) is 1. The van der Waals surface area contributed by atoms with Gasteiger partial charge >= 0.3 is 5.97 Å².